The van der Waals surface area contributed by atoms with E-state index in [-0.39, 0.29) is 17.3 Å². The fourth-order valence-corrected chi connectivity index (χ4v) is 6.33. The Morgan fingerprint density at radius 2 is 1.53 bits per heavy atom. The number of carbonyl (C=O) groups is 2. The standard InChI is InChI=1S/C25H35N3O2/c29-23(21-11-5-2-6-12-21)28-18-25(19-28)17-26(15-20-9-3-1-4-10-20)16-22(25)24(30)27-13-7-8-14-27/h1,3-4,9-10,21-22H,2,5-8,11-19H2. The van der Waals surface area contributed by atoms with Crippen molar-refractivity contribution in [2.45, 2.75) is 51.5 Å². The van der Waals surface area contributed by atoms with Gasteiger partial charge in [0.05, 0.1) is 5.92 Å². The molecule has 30 heavy (non-hydrogen) atoms. The van der Waals surface area contributed by atoms with Gasteiger partial charge in [0.15, 0.2) is 0 Å². The number of likely N-dealkylation sites (tertiary alicyclic amines) is 3. The van der Waals surface area contributed by atoms with Gasteiger partial charge in [-0.1, -0.05) is 49.6 Å². The van der Waals surface area contributed by atoms with E-state index in [1.54, 1.807) is 0 Å². The summed E-state index contributed by atoms with van der Waals surface area (Å²) in [5.74, 6) is 0.961. The maximum atomic E-state index is 13.4. The molecule has 1 unspecified atom stereocenters. The van der Waals surface area contributed by atoms with Gasteiger partial charge in [0, 0.05) is 57.1 Å². The fourth-order valence-electron chi connectivity index (χ4n) is 6.33. The van der Waals surface area contributed by atoms with Crippen molar-refractivity contribution in [1.82, 2.24) is 14.7 Å². The van der Waals surface area contributed by atoms with Crippen LogP contribution >= 0.6 is 0 Å². The van der Waals surface area contributed by atoms with Crippen LogP contribution in [0.15, 0.2) is 30.3 Å². The third-order valence-corrected chi connectivity index (χ3v) is 7.96. The number of hydrogen-bond donors (Lipinski definition) is 0. The van der Waals surface area contributed by atoms with Gasteiger partial charge in [-0.25, -0.2) is 0 Å². The van der Waals surface area contributed by atoms with Crippen LogP contribution in [0.2, 0.25) is 0 Å². The molecule has 1 aromatic carbocycles. The van der Waals surface area contributed by atoms with E-state index in [9.17, 15) is 9.59 Å². The molecular weight excluding hydrogens is 374 g/mol. The molecule has 5 nitrogen and oxygen atoms in total. The quantitative estimate of drug-likeness (QED) is 0.767. The third-order valence-electron chi connectivity index (χ3n) is 7.96. The molecule has 0 radical (unpaired) electrons. The molecule has 3 saturated heterocycles. The molecule has 1 aromatic rings. The molecule has 5 rings (SSSR count). The lowest BCUT2D eigenvalue weighted by atomic mass is 9.70. The predicted octanol–water partition coefficient (Wildman–Crippen LogP) is 3.15. The second-order valence-electron chi connectivity index (χ2n) is 10.1. The van der Waals surface area contributed by atoms with E-state index in [0.29, 0.717) is 11.8 Å². The molecule has 0 N–H and O–H groups in total. The van der Waals surface area contributed by atoms with Gasteiger partial charge in [-0.05, 0) is 31.2 Å². The van der Waals surface area contributed by atoms with Crippen molar-refractivity contribution in [1.29, 1.82) is 0 Å². The Hall–Kier alpha value is -1.88. The summed E-state index contributed by atoms with van der Waals surface area (Å²) >= 11 is 0. The molecule has 162 valence electrons. The topological polar surface area (TPSA) is 43.9 Å². The highest BCUT2D eigenvalue weighted by molar-refractivity contribution is 5.83. The lowest BCUT2D eigenvalue weighted by Crippen LogP contribution is -2.65. The maximum Gasteiger partial charge on any atom is 0.227 e. The minimum atomic E-state index is -0.0429. The Balaban J connectivity index is 1.29. The SMILES string of the molecule is O=C(C1CCCCC1)N1CC2(CN(Cc3ccccc3)CC2C(=O)N2CCCC2)C1. The minimum Gasteiger partial charge on any atom is -0.342 e. The summed E-state index contributed by atoms with van der Waals surface area (Å²) in [6.45, 7) is 6.03. The highest BCUT2D eigenvalue weighted by atomic mass is 16.2. The molecule has 1 atom stereocenters. The zero-order valence-corrected chi connectivity index (χ0v) is 18.1. The molecule has 4 fully saturated rings. The van der Waals surface area contributed by atoms with Crippen LogP contribution in [-0.2, 0) is 16.1 Å². The average molecular weight is 410 g/mol. The molecular formula is C25H35N3O2. The van der Waals surface area contributed by atoms with Crippen molar-refractivity contribution >= 4 is 11.8 Å². The fraction of sp³-hybridized carbons (Fsp3) is 0.680. The minimum absolute atomic E-state index is 0.0368. The van der Waals surface area contributed by atoms with Crippen LogP contribution in [0.3, 0.4) is 0 Å². The number of carbonyl (C=O) groups excluding carboxylic acids is 2. The molecule has 4 aliphatic rings. The molecule has 3 aliphatic heterocycles. The first-order valence-electron chi connectivity index (χ1n) is 12.0. The number of nitrogens with zero attached hydrogens (tertiary/aromatic N) is 3. The van der Waals surface area contributed by atoms with Crippen LogP contribution in [0.4, 0.5) is 0 Å². The lowest BCUT2D eigenvalue weighted by molar-refractivity contribution is -0.157. The summed E-state index contributed by atoms with van der Waals surface area (Å²) in [6.07, 6.45) is 8.02. The first-order chi connectivity index (χ1) is 14.6. The van der Waals surface area contributed by atoms with Crippen molar-refractivity contribution in [2.75, 3.05) is 39.3 Å². The third kappa shape index (κ3) is 3.77. The molecule has 1 aliphatic carbocycles. The molecule has 3 heterocycles. The summed E-state index contributed by atoms with van der Waals surface area (Å²) in [5, 5.41) is 0. The Morgan fingerprint density at radius 3 is 2.23 bits per heavy atom. The van der Waals surface area contributed by atoms with E-state index in [2.05, 4.69) is 45.0 Å². The summed E-state index contributed by atoms with van der Waals surface area (Å²) in [6, 6.07) is 10.6. The summed E-state index contributed by atoms with van der Waals surface area (Å²) < 4.78 is 0. The van der Waals surface area contributed by atoms with Crippen molar-refractivity contribution in [3.05, 3.63) is 35.9 Å². The second-order valence-corrected chi connectivity index (χ2v) is 10.1. The van der Waals surface area contributed by atoms with Crippen LogP contribution in [0.1, 0.15) is 50.5 Å². The predicted molar refractivity (Wildman–Crippen MR) is 117 cm³/mol. The number of amides is 2. The van der Waals surface area contributed by atoms with Crippen LogP contribution in [0.25, 0.3) is 0 Å². The number of rotatable bonds is 4. The van der Waals surface area contributed by atoms with Crippen LogP contribution < -0.4 is 0 Å². The number of hydrogen-bond acceptors (Lipinski definition) is 3. The second kappa shape index (κ2) is 8.33. The normalized spacial score (nSPS) is 26.9. The van der Waals surface area contributed by atoms with Gasteiger partial charge in [0.25, 0.3) is 0 Å². The zero-order valence-electron chi connectivity index (χ0n) is 18.1. The summed E-state index contributed by atoms with van der Waals surface area (Å²) in [5.41, 5.74) is 1.26. The molecule has 0 aromatic heterocycles. The molecule has 1 spiro atoms. The average Bonchev–Trinajstić information content (AvgIpc) is 3.41. The van der Waals surface area contributed by atoms with Crippen LogP contribution in [0.5, 0.6) is 0 Å². The first-order valence-corrected chi connectivity index (χ1v) is 12.0. The van der Waals surface area contributed by atoms with Gasteiger partial charge < -0.3 is 9.80 Å². The van der Waals surface area contributed by atoms with E-state index < -0.39 is 0 Å². The smallest absolute Gasteiger partial charge is 0.227 e. The molecule has 2 amide bonds. The zero-order chi connectivity index (χ0) is 20.6. The summed E-state index contributed by atoms with van der Waals surface area (Å²) in [7, 11) is 0. The van der Waals surface area contributed by atoms with E-state index in [1.807, 2.05) is 0 Å². The Morgan fingerprint density at radius 1 is 0.833 bits per heavy atom. The largest absolute Gasteiger partial charge is 0.342 e. The monoisotopic (exact) mass is 409 g/mol. The first kappa shape index (κ1) is 20.0. The van der Waals surface area contributed by atoms with E-state index in [1.165, 1.54) is 24.8 Å². The highest BCUT2D eigenvalue weighted by Crippen LogP contribution is 2.46. The summed E-state index contributed by atoms with van der Waals surface area (Å²) in [4.78, 5) is 33.1. The Labute approximate surface area is 180 Å². The van der Waals surface area contributed by atoms with Crippen LogP contribution in [-0.4, -0.2) is 65.8 Å². The van der Waals surface area contributed by atoms with Crippen molar-refractivity contribution in [3.8, 4) is 0 Å². The van der Waals surface area contributed by atoms with Crippen molar-refractivity contribution in [3.63, 3.8) is 0 Å². The molecule has 1 saturated carbocycles. The van der Waals surface area contributed by atoms with Gasteiger partial charge in [-0.3, -0.25) is 14.5 Å². The van der Waals surface area contributed by atoms with Crippen molar-refractivity contribution in [2.24, 2.45) is 17.3 Å². The lowest BCUT2D eigenvalue weighted by Gasteiger charge is -2.52. The van der Waals surface area contributed by atoms with Crippen molar-refractivity contribution < 1.29 is 9.59 Å². The molecule has 0 bridgehead atoms. The van der Waals surface area contributed by atoms with Gasteiger partial charge >= 0.3 is 0 Å². The Kier molecular flexibility index (Phi) is 5.57. The van der Waals surface area contributed by atoms with Gasteiger partial charge in [0.2, 0.25) is 11.8 Å². The van der Waals surface area contributed by atoms with E-state index in [4.69, 9.17) is 0 Å². The number of benzene rings is 1. The highest BCUT2D eigenvalue weighted by Gasteiger charge is 2.58. The maximum absolute atomic E-state index is 13.4. The van der Waals surface area contributed by atoms with Crippen LogP contribution in [0, 0.1) is 17.3 Å². The van der Waals surface area contributed by atoms with Gasteiger partial charge in [-0.15, -0.1) is 0 Å². The Bertz CT molecular complexity index is 762. The van der Waals surface area contributed by atoms with Gasteiger partial charge in [0.1, 0.15) is 0 Å². The van der Waals surface area contributed by atoms with E-state index >= 15 is 0 Å². The van der Waals surface area contributed by atoms with E-state index in [0.717, 1.165) is 71.5 Å². The van der Waals surface area contributed by atoms with Gasteiger partial charge in [-0.2, -0.15) is 0 Å². The molecule has 5 heteroatoms.